The van der Waals surface area contributed by atoms with Gasteiger partial charge in [0.2, 0.25) is 0 Å². The van der Waals surface area contributed by atoms with Crippen LogP contribution in [0.4, 0.5) is 0 Å². The highest BCUT2D eigenvalue weighted by Crippen LogP contribution is 2.36. The zero-order valence-corrected chi connectivity index (χ0v) is 18.8. The van der Waals surface area contributed by atoms with Crippen molar-refractivity contribution in [2.75, 3.05) is 20.3 Å². The van der Waals surface area contributed by atoms with Crippen molar-refractivity contribution in [2.24, 2.45) is 0 Å². The first kappa shape index (κ1) is 21.8. The molecule has 164 valence electrons. The van der Waals surface area contributed by atoms with Gasteiger partial charge in [-0.05, 0) is 60.5 Å². The van der Waals surface area contributed by atoms with Crippen LogP contribution in [0.2, 0.25) is 5.02 Å². The van der Waals surface area contributed by atoms with E-state index in [4.69, 9.17) is 21.1 Å². The molecule has 0 radical (unpaired) electrons. The predicted octanol–water partition coefficient (Wildman–Crippen LogP) is 5.79. The lowest BCUT2D eigenvalue weighted by molar-refractivity contribution is 0.0952. The summed E-state index contributed by atoms with van der Waals surface area (Å²) >= 11 is 5.95. The predicted molar refractivity (Wildman–Crippen MR) is 128 cm³/mol. The van der Waals surface area contributed by atoms with Gasteiger partial charge in [0.25, 0.3) is 5.91 Å². The number of carbonyl (C=O) groups is 1. The number of halogens is 1. The molecule has 1 heterocycles. The second kappa shape index (κ2) is 9.79. The molecule has 3 aromatic carbocycles. The van der Waals surface area contributed by atoms with Crippen LogP contribution in [0.15, 0.2) is 72.9 Å². The van der Waals surface area contributed by atoms with Gasteiger partial charge in [-0.2, -0.15) is 0 Å². The van der Waals surface area contributed by atoms with E-state index in [0.717, 1.165) is 22.0 Å². The van der Waals surface area contributed by atoms with Gasteiger partial charge in [0, 0.05) is 40.1 Å². The first-order chi connectivity index (χ1) is 15.6. The summed E-state index contributed by atoms with van der Waals surface area (Å²) in [7, 11) is 1.63. The molecule has 5 nitrogen and oxygen atoms in total. The fraction of sp³-hybridized carbons (Fsp3) is 0.192. The molecule has 0 aliphatic carbocycles. The number of para-hydroxylation sites is 1. The molecule has 1 aromatic heterocycles. The van der Waals surface area contributed by atoms with E-state index in [-0.39, 0.29) is 11.8 Å². The first-order valence-corrected chi connectivity index (χ1v) is 10.9. The number of aromatic nitrogens is 1. The molecule has 0 unspecified atom stereocenters. The number of methoxy groups -OCH3 is 1. The molecule has 0 saturated heterocycles. The van der Waals surface area contributed by atoms with E-state index in [1.54, 1.807) is 31.4 Å². The summed E-state index contributed by atoms with van der Waals surface area (Å²) in [5.41, 5.74) is 3.74. The van der Waals surface area contributed by atoms with Gasteiger partial charge in [-0.15, -0.1) is 0 Å². The third kappa shape index (κ3) is 4.58. The standard InChI is InChI=1S/C26H25ClN2O3/c1-3-32-24-13-10-18(14-25(24)31-2)21(22-16-28-23-7-5-4-6-20(22)23)15-29-26(30)17-8-11-19(27)12-9-17/h4-14,16,21,28H,3,15H2,1-2H3,(H,29,30)/t21-/m0/s1. The Labute approximate surface area is 192 Å². The lowest BCUT2D eigenvalue weighted by Crippen LogP contribution is -2.28. The van der Waals surface area contributed by atoms with E-state index >= 15 is 0 Å². The molecule has 0 aliphatic heterocycles. The molecule has 4 aromatic rings. The second-order valence-electron chi connectivity index (χ2n) is 7.40. The molecule has 0 fully saturated rings. The van der Waals surface area contributed by atoms with Crippen molar-refractivity contribution in [3.8, 4) is 11.5 Å². The summed E-state index contributed by atoms with van der Waals surface area (Å²) in [6.07, 6.45) is 2.01. The van der Waals surface area contributed by atoms with E-state index in [0.29, 0.717) is 35.2 Å². The van der Waals surface area contributed by atoms with Gasteiger partial charge in [-0.3, -0.25) is 4.79 Å². The van der Waals surface area contributed by atoms with E-state index in [1.807, 2.05) is 49.5 Å². The van der Waals surface area contributed by atoms with Gasteiger partial charge in [0.05, 0.1) is 13.7 Å². The zero-order valence-electron chi connectivity index (χ0n) is 18.0. The third-order valence-corrected chi connectivity index (χ3v) is 5.71. The quantitative estimate of drug-likeness (QED) is 0.358. The maximum absolute atomic E-state index is 12.8. The molecule has 32 heavy (non-hydrogen) atoms. The summed E-state index contributed by atoms with van der Waals surface area (Å²) in [5.74, 6) is 1.12. The normalized spacial score (nSPS) is 11.8. The molecule has 0 aliphatic rings. The monoisotopic (exact) mass is 448 g/mol. The lowest BCUT2D eigenvalue weighted by atomic mass is 9.90. The zero-order chi connectivity index (χ0) is 22.5. The molecule has 1 amide bonds. The Balaban J connectivity index is 1.69. The molecular formula is C26H25ClN2O3. The van der Waals surface area contributed by atoms with Crippen molar-refractivity contribution >= 4 is 28.4 Å². The number of carbonyl (C=O) groups excluding carboxylic acids is 1. The Morgan fingerprint density at radius 2 is 1.84 bits per heavy atom. The van der Waals surface area contributed by atoms with Crippen LogP contribution in [0.25, 0.3) is 10.9 Å². The topological polar surface area (TPSA) is 63.3 Å². The fourth-order valence-electron chi connectivity index (χ4n) is 3.86. The maximum Gasteiger partial charge on any atom is 0.251 e. The van der Waals surface area contributed by atoms with E-state index in [1.165, 1.54) is 0 Å². The average molecular weight is 449 g/mol. The number of hydrogen-bond donors (Lipinski definition) is 2. The number of amides is 1. The molecular weight excluding hydrogens is 424 g/mol. The Bertz CT molecular complexity index is 1220. The van der Waals surface area contributed by atoms with Crippen LogP contribution in [0.5, 0.6) is 11.5 Å². The number of fused-ring (bicyclic) bond motifs is 1. The summed E-state index contributed by atoms with van der Waals surface area (Å²) < 4.78 is 11.2. The second-order valence-corrected chi connectivity index (χ2v) is 7.84. The van der Waals surface area contributed by atoms with Crippen molar-refractivity contribution in [1.82, 2.24) is 10.3 Å². The van der Waals surface area contributed by atoms with Gasteiger partial charge in [-0.25, -0.2) is 0 Å². The van der Waals surface area contributed by atoms with Crippen molar-refractivity contribution in [3.05, 3.63) is 94.6 Å². The minimum Gasteiger partial charge on any atom is -0.493 e. The number of rotatable bonds is 8. The average Bonchev–Trinajstić information content (AvgIpc) is 3.24. The molecule has 2 N–H and O–H groups in total. The summed E-state index contributed by atoms with van der Waals surface area (Å²) in [6.45, 7) is 2.91. The van der Waals surface area contributed by atoms with Crippen molar-refractivity contribution < 1.29 is 14.3 Å². The minimum absolute atomic E-state index is 0.0908. The van der Waals surface area contributed by atoms with Crippen molar-refractivity contribution in [3.63, 3.8) is 0 Å². The molecule has 0 spiro atoms. The summed E-state index contributed by atoms with van der Waals surface area (Å²) in [5, 5.41) is 4.79. The Morgan fingerprint density at radius 1 is 1.06 bits per heavy atom. The van der Waals surface area contributed by atoms with E-state index in [9.17, 15) is 4.79 Å². The SMILES string of the molecule is CCOc1ccc([C@H](CNC(=O)c2ccc(Cl)cc2)c2c[nH]c3ccccc23)cc1OC. The first-order valence-electron chi connectivity index (χ1n) is 10.5. The van der Waals surface area contributed by atoms with Gasteiger partial charge >= 0.3 is 0 Å². The highest BCUT2D eigenvalue weighted by Gasteiger charge is 2.21. The van der Waals surface area contributed by atoms with Crippen LogP contribution < -0.4 is 14.8 Å². The number of aromatic amines is 1. The number of H-pyrrole nitrogens is 1. The van der Waals surface area contributed by atoms with Crippen LogP contribution in [-0.4, -0.2) is 31.2 Å². The van der Waals surface area contributed by atoms with Crippen molar-refractivity contribution in [1.29, 1.82) is 0 Å². The Kier molecular flexibility index (Phi) is 6.66. The van der Waals surface area contributed by atoms with Crippen LogP contribution in [0, 0.1) is 0 Å². The van der Waals surface area contributed by atoms with E-state index in [2.05, 4.69) is 16.4 Å². The number of hydrogen-bond acceptors (Lipinski definition) is 3. The number of ether oxygens (including phenoxy) is 2. The van der Waals surface area contributed by atoms with Crippen LogP contribution in [0.3, 0.4) is 0 Å². The minimum atomic E-state index is -0.149. The summed E-state index contributed by atoms with van der Waals surface area (Å²) in [6, 6.07) is 20.9. The highest BCUT2D eigenvalue weighted by molar-refractivity contribution is 6.30. The van der Waals surface area contributed by atoms with Gasteiger partial charge in [0.1, 0.15) is 0 Å². The molecule has 0 saturated carbocycles. The van der Waals surface area contributed by atoms with Crippen LogP contribution in [0.1, 0.15) is 34.3 Å². The van der Waals surface area contributed by atoms with Gasteiger partial charge in [-0.1, -0.05) is 35.9 Å². The van der Waals surface area contributed by atoms with Crippen LogP contribution in [-0.2, 0) is 0 Å². The van der Waals surface area contributed by atoms with Gasteiger partial charge in [0.15, 0.2) is 11.5 Å². The molecule has 1 atom stereocenters. The van der Waals surface area contributed by atoms with E-state index < -0.39 is 0 Å². The third-order valence-electron chi connectivity index (χ3n) is 5.46. The maximum atomic E-state index is 12.8. The summed E-state index contributed by atoms with van der Waals surface area (Å²) in [4.78, 5) is 16.1. The van der Waals surface area contributed by atoms with Gasteiger partial charge < -0.3 is 19.8 Å². The Morgan fingerprint density at radius 3 is 2.59 bits per heavy atom. The number of nitrogens with one attached hydrogen (secondary N) is 2. The van der Waals surface area contributed by atoms with Crippen molar-refractivity contribution in [2.45, 2.75) is 12.8 Å². The Hall–Kier alpha value is -3.44. The fourth-order valence-corrected chi connectivity index (χ4v) is 3.99. The molecule has 0 bridgehead atoms. The smallest absolute Gasteiger partial charge is 0.251 e. The van der Waals surface area contributed by atoms with Crippen LogP contribution >= 0.6 is 11.6 Å². The number of benzene rings is 3. The lowest BCUT2D eigenvalue weighted by Gasteiger charge is -2.20. The molecule has 4 rings (SSSR count). The highest BCUT2D eigenvalue weighted by atomic mass is 35.5. The molecule has 6 heteroatoms. The largest absolute Gasteiger partial charge is 0.493 e.